The monoisotopic (exact) mass is 445 g/mol. The summed E-state index contributed by atoms with van der Waals surface area (Å²) in [5, 5.41) is 27.5. The predicted molar refractivity (Wildman–Crippen MR) is 106 cm³/mol. The summed E-state index contributed by atoms with van der Waals surface area (Å²) in [4.78, 5) is 10.2. The first-order chi connectivity index (χ1) is 14.6. The minimum atomic E-state index is -0.473. The van der Waals surface area contributed by atoms with Gasteiger partial charge in [0.15, 0.2) is 6.61 Å². The van der Waals surface area contributed by atoms with Gasteiger partial charge in [0.1, 0.15) is 5.75 Å². The number of hydrogen-bond acceptors (Lipinski definition) is 10. The Morgan fingerprint density at radius 3 is 2.43 bits per heavy atom. The summed E-state index contributed by atoms with van der Waals surface area (Å²) < 4.78 is 16.6. The molecule has 2 heterocycles. The Bertz CT molecular complexity index is 1150. The summed E-state index contributed by atoms with van der Waals surface area (Å²) in [6, 6.07) is 12.8. The smallest absolute Gasteiger partial charge is 0.277 e. The number of nitro benzene ring substituents is 1. The standard InChI is InChI=1S/C18H12ClN5O5S/c19-12-3-7-14(8-4-12)27-9-15-20-23-18(29-15)30-10-16-21-22-17(28-16)11-1-5-13(6-2-11)24(25)26/h1-8H,9-10H2. The fourth-order valence-corrected chi connectivity index (χ4v) is 3.05. The van der Waals surface area contributed by atoms with Gasteiger partial charge >= 0.3 is 0 Å². The number of hydrogen-bond donors (Lipinski definition) is 0. The van der Waals surface area contributed by atoms with E-state index in [0.717, 1.165) is 0 Å². The number of nitrogens with zero attached hydrogens (tertiary/aromatic N) is 5. The molecule has 0 N–H and O–H groups in total. The van der Waals surface area contributed by atoms with Crippen LogP contribution in [0.3, 0.4) is 0 Å². The normalized spacial score (nSPS) is 10.8. The van der Waals surface area contributed by atoms with Gasteiger partial charge in [0, 0.05) is 22.7 Å². The Hall–Kier alpha value is -3.44. The molecule has 0 saturated heterocycles. The van der Waals surface area contributed by atoms with Crippen LogP contribution in [-0.4, -0.2) is 25.3 Å². The zero-order valence-corrected chi connectivity index (χ0v) is 16.7. The number of ether oxygens (including phenoxy) is 1. The lowest BCUT2D eigenvalue weighted by Gasteiger charge is -2.02. The molecule has 4 rings (SSSR count). The van der Waals surface area contributed by atoms with Crippen LogP contribution in [0.5, 0.6) is 5.75 Å². The molecule has 2 aromatic carbocycles. The van der Waals surface area contributed by atoms with Crippen LogP contribution in [0.2, 0.25) is 5.02 Å². The topological polar surface area (TPSA) is 130 Å². The molecule has 0 aliphatic rings. The van der Waals surface area contributed by atoms with Gasteiger partial charge in [-0.3, -0.25) is 10.1 Å². The maximum Gasteiger partial charge on any atom is 0.277 e. The Labute approximate surface area is 178 Å². The highest BCUT2D eigenvalue weighted by Gasteiger charge is 2.13. The second-order valence-electron chi connectivity index (χ2n) is 5.80. The van der Waals surface area contributed by atoms with E-state index in [1.807, 2.05) is 0 Å². The van der Waals surface area contributed by atoms with Gasteiger partial charge in [-0.2, -0.15) is 0 Å². The van der Waals surface area contributed by atoms with Crippen molar-refractivity contribution in [1.82, 2.24) is 20.4 Å². The van der Waals surface area contributed by atoms with Gasteiger partial charge in [-0.15, -0.1) is 20.4 Å². The molecule has 0 unspecified atom stereocenters. The summed E-state index contributed by atoms with van der Waals surface area (Å²) in [6.07, 6.45) is 0. The third-order valence-corrected chi connectivity index (χ3v) is 4.79. The van der Waals surface area contributed by atoms with Gasteiger partial charge in [-0.05, 0) is 36.4 Å². The van der Waals surface area contributed by atoms with E-state index >= 15 is 0 Å². The molecule has 2 aromatic heterocycles. The van der Waals surface area contributed by atoms with Crippen LogP contribution in [0, 0.1) is 10.1 Å². The molecule has 0 spiro atoms. The molecule has 4 aromatic rings. The Morgan fingerprint density at radius 1 is 0.967 bits per heavy atom. The van der Waals surface area contributed by atoms with Gasteiger partial charge in [-0.25, -0.2) is 0 Å². The largest absolute Gasteiger partial charge is 0.484 e. The SMILES string of the molecule is O=[N+]([O-])c1ccc(-c2nnc(CSc3nnc(COc4ccc(Cl)cc4)o3)o2)cc1. The van der Waals surface area contributed by atoms with E-state index in [1.165, 1.54) is 23.9 Å². The molecule has 0 fully saturated rings. The van der Waals surface area contributed by atoms with Crippen molar-refractivity contribution >= 4 is 29.1 Å². The molecule has 0 amide bonds. The van der Waals surface area contributed by atoms with Crippen LogP contribution >= 0.6 is 23.4 Å². The van der Waals surface area contributed by atoms with Crippen LogP contribution in [0.4, 0.5) is 5.69 Å². The average Bonchev–Trinajstić information content (AvgIpc) is 3.41. The number of non-ortho nitro benzene ring substituents is 1. The van der Waals surface area contributed by atoms with E-state index in [1.54, 1.807) is 36.4 Å². The highest BCUT2D eigenvalue weighted by Crippen LogP contribution is 2.25. The van der Waals surface area contributed by atoms with Crippen LogP contribution in [0.1, 0.15) is 11.8 Å². The van der Waals surface area contributed by atoms with Crippen molar-refractivity contribution in [2.45, 2.75) is 17.6 Å². The second kappa shape index (κ2) is 8.93. The van der Waals surface area contributed by atoms with E-state index in [0.29, 0.717) is 39.1 Å². The maximum atomic E-state index is 10.7. The zero-order chi connectivity index (χ0) is 20.9. The van der Waals surface area contributed by atoms with Crippen molar-refractivity contribution in [2.75, 3.05) is 0 Å². The van der Waals surface area contributed by atoms with Crippen LogP contribution in [0.25, 0.3) is 11.5 Å². The molecule has 0 saturated carbocycles. The van der Waals surface area contributed by atoms with Gasteiger partial charge in [0.05, 0.1) is 10.7 Å². The molecule has 10 nitrogen and oxygen atoms in total. The van der Waals surface area contributed by atoms with E-state index in [2.05, 4.69) is 20.4 Å². The molecule has 12 heteroatoms. The number of aromatic nitrogens is 4. The molecule has 152 valence electrons. The quantitative estimate of drug-likeness (QED) is 0.216. The molecular weight excluding hydrogens is 434 g/mol. The Morgan fingerprint density at radius 2 is 1.70 bits per heavy atom. The highest BCUT2D eigenvalue weighted by molar-refractivity contribution is 7.98. The number of nitro groups is 1. The molecule has 0 atom stereocenters. The highest BCUT2D eigenvalue weighted by atomic mass is 35.5. The molecule has 0 aliphatic carbocycles. The van der Waals surface area contributed by atoms with Crippen LogP contribution < -0.4 is 4.74 Å². The van der Waals surface area contributed by atoms with Gasteiger partial charge in [0.2, 0.25) is 11.8 Å². The lowest BCUT2D eigenvalue weighted by molar-refractivity contribution is -0.384. The van der Waals surface area contributed by atoms with Crippen molar-refractivity contribution < 1.29 is 18.5 Å². The molecular formula is C18H12ClN5O5S. The summed E-state index contributed by atoms with van der Waals surface area (Å²) in [5.74, 6) is 1.90. The summed E-state index contributed by atoms with van der Waals surface area (Å²) in [6.45, 7) is 0.125. The van der Waals surface area contributed by atoms with Crippen LogP contribution in [0.15, 0.2) is 62.6 Å². The minimum absolute atomic E-state index is 0.0127. The van der Waals surface area contributed by atoms with E-state index in [9.17, 15) is 10.1 Å². The first kappa shape index (κ1) is 19.9. The van der Waals surface area contributed by atoms with E-state index in [-0.39, 0.29) is 18.2 Å². The van der Waals surface area contributed by atoms with E-state index in [4.69, 9.17) is 25.2 Å². The molecule has 0 bridgehead atoms. The lowest BCUT2D eigenvalue weighted by atomic mass is 10.2. The van der Waals surface area contributed by atoms with Crippen molar-refractivity contribution in [3.63, 3.8) is 0 Å². The fourth-order valence-electron chi connectivity index (χ4n) is 2.31. The summed E-state index contributed by atoms with van der Waals surface area (Å²) >= 11 is 7.06. The lowest BCUT2D eigenvalue weighted by Crippen LogP contribution is -1.95. The van der Waals surface area contributed by atoms with Crippen molar-refractivity contribution in [2.24, 2.45) is 0 Å². The van der Waals surface area contributed by atoms with Gasteiger partial charge in [-0.1, -0.05) is 23.4 Å². The third kappa shape index (κ3) is 4.93. The number of rotatable bonds is 8. The van der Waals surface area contributed by atoms with Crippen molar-refractivity contribution in [1.29, 1.82) is 0 Å². The predicted octanol–water partition coefficient (Wildman–Crippen LogP) is 4.55. The van der Waals surface area contributed by atoms with Gasteiger partial charge < -0.3 is 13.6 Å². The Kier molecular flexibility index (Phi) is 5.91. The van der Waals surface area contributed by atoms with Gasteiger partial charge in [0.25, 0.3) is 16.8 Å². The summed E-state index contributed by atoms with van der Waals surface area (Å²) in [7, 11) is 0. The fraction of sp³-hybridized carbons (Fsp3) is 0.111. The third-order valence-electron chi connectivity index (χ3n) is 3.74. The molecule has 30 heavy (non-hydrogen) atoms. The number of thioether (sulfide) groups is 1. The average molecular weight is 446 g/mol. The van der Waals surface area contributed by atoms with Crippen molar-refractivity contribution in [3.05, 3.63) is 75.4 Å². The first-order valence-electron chi connectivity index (χ1n) is 8.47. The zero-order valence-electron chi connectivity index (χ0n) is 15.1. The molecule has 0 aliphatic heterocycles. The maximum absolute atomic E-state index is 10.7. The van der Waals surface area contributed by atoms with Crippen LogP contribution in [-0.2, 0) is 12.4 Å². The number of benzene rings is 2. The van der Waals surface area contributed by atoms with Crippen molar-refractivity contribution in [3.8, 4) is 17.2 Å². The number of halogens is 1. The Balaban J connectivity index is 1.31. The van der Waals surface area contributed by atoms with E-state index < -0.39 is 4.92 Å². The first-order valence-corrected chi connectivity index (χ1v) is 9.84. The summed E-state index contributed by atoms with van der Waals surface area (Å²) in [5.41, 5.74) is 0.574. The molecule has 0 radical (unpaired) electrons. The second-order valence-corrected chi connectivity index (χ2v) is 7.16. The minimum Gasteiger partial charge on any atom is -0.484 e.